The van der Waals surface area contributed by atoms with Gasteiger partial charge in [0, 0.05) is 6.20 Å². The lowest BCUT2D eigenvalue weighted by atomic mass is 10.3. The zero-order chi connectivity index (χ0) is 10.8. The SMILES string of the molecule is CNCC(F)(F)Cn1cc(C)nc1C. The van der Waals surface area contributed by atoms with Gasteiger partial charge in [0.05, 0.1) is 18.8 Å². The van der Waals surface area contributed by atoms with Gasteiger partial charge in [0.1, 0.15) is 5.82 Å². The third kappa shape index (κ3) is 2.77. The monoisotopic (exact) mass is 203 g/mol. The fourth-order valence-electron chi connectivity index (χ4n) is 1.39. The van der Waals surface area contributed by atoms with Crippen molar-refractivity contribution in [2.45, 2.75) is 26.3 Å². The summed E-state index contributed by atoms with van der Waals surface area (Å²) in [4.78, 5) is 4.06. The maximum atomic E-state index is 13.2. The van der Waals surface area contributed by atoms with Gasteiger partial charge < -0.3 is 9.88 Å². The normalized spacial score (nSPS) is 12.1. The molecule has 0 aromatic carbocycles. The van der Waals surface area contributed by atoms with Crippen molar-refractivity contribution in [3.63, 3.8) is 0 Å². The first-order valence-corrected chi connectivity index (χ1v) is 4.47. The van der Waals surface area contributed by atoms with Crippen LogP contribution in [0, 0.1) is 13.8 Å². The van der Waals surface area contributed by atoms with E-state index in [1.54, 1.807) is 20.0 Å². The summed E-state index contributed by atoms with van der Waals surface area (Å²) in [6, 6.07) is 0. The molecule has 0 fully saturated rings. The molecule has 1 heterocycles. The largest absolute Gasteiger partial charge is 0.329 e. The molecule has 0 amide bonds. The van der Waals surface area contributed by atoms with E-state index < -0.39 is 5.92 Å². The molecule has 0 aliphatic carbocycles. The summed E-state index contributed by atoms with van der Waals surface area (Å²) >= 11 is 0. The third-order valence-electron chi connectivity index (χ3n) is 1.93. The van der Waals surface area contributed by atoms with Crippen molar-refractivity contribution in [3.8, 4) is 0 Å². The average molecular weight is 203 g/mol. The maximum Gasteiger partial charge on any atom is 0.277 e. The lowest BCUT2D eigenvalue weighted by Crippen LogP contribution is -2.34. The van der Waals surface area contributed by atoms with E-state index in [4.69, 9.17) is 0 Å². The predicted octanol–water partition coefficient (Wildman–Crippen LogP) is 1.35. The first kappa shape index (κ1) is 11.1. The fourth-order valence-corrected chi connectivity index (χ4v) is 1.39. The minimum Gasteiger partial charge on any atom is -0.329 e. The third-order valence-corrected chi connectivity index (χ3v) is 1.93. The van der Waals surface area contributed by atoms with Crippen LogP contribution in [0.4, 0.5) is 8.78 Å². The van der Waals surface area contributed by atoms with Gasteiger partial charge in [-0.25, -0.2) is 13.8 Å². The lowest BCUT2D eigenvalue weighted by molar-refractivity contribution is -0.0137. The molecular weight excluding hydrogens is 188 g/mol. The summed E-state index contributed by atoms with van der Waals surface area (Å²) in [5, 5.41) is 2.47. The molecule has 0 bridgehead atoms. The Bertz CT molecular complexity index is 307. The van der Waals surface area contributed by atoms with Crippen LogP contribution < -0.4 is 5.32 Å². The Kier molecular flexibility index (Phi) is 3.21. The van der Waals surface area contributed by atoms with Crippen LogP contribution in [0.25, 0.3) is 0 Å². The second-order valence-electron chi connectivity index (χ2n) is 3.44. The smallest absolute Gasteiger partial charge is 0.277 e. The average Bonchev–Trinajstić information content (AvgIpc) is 2.28. The van der Waals surface area contributed by atoms with Crippen LogP contribution in [-0.4, -0.2) is 29.1 Å². The van der Waals surface area contributed by atoms with E-state index in [2.05, 4.69) is 10.3 Å². The van der Waals surface area contributed by atoms with Gasteiger partial charge in [-0.3, -0.25) is 0 Å². The molecule has 1 aromatic rings. The van der Waals surface area contributed by atoms with E-state index in [0.29, 0.717) is 5.82 Å². The number of halogens is 2. The van der Waals surface area contributed by atoms with E-state index >= 15 is 0 Å². The summed E-state index contributed by atoms with van der Waals surface area (Å²) in [6.07, 6.45) is 1.64. The Morgan fingerprint density at radius 1 is 1.50 bits per heavy atom. The molecule has 14 heavy (non-hydrogen) atoms. The Morgan fingerprint density at radius 3 is 2.57 bits per heavy atom. The highest BCUT2D eigenvalue weighted by Gasteiger charge is 2.28. The number of alkyl halides is 2. The summed E-state index contributed by atoms with van der Waals surface area (Å²) in [5.41, 5.74) is 0.766. The second-order valence-corrected chi connectivity index (χ2v) is 3.44. The zero-order valence-electron chi connectivity index (χ0n) is 8.64. The van der Waals surface area contributed by atoms with E-state index in [1.807, 2.05) is 0 Å². The van der Waals surface area contributed by atoms with Crippen molar-refractivity contribution in [2.75, 3.05) is 13.6 Å². The topological polar surface area (TPSA) is 29.9 Å². The highest BCUT2D eigenvalue weighted by molar-refractivity contribution is 5.01. The van der Waals surface area contributed by atoms with Crippen molar-refractivity contribution in [1.29, 1.82) is 0 Å². The first-order valence-electron chi connectivity index (χ1n) is 4.47. The molecule has 0 aliphatic heterocycles. The number of imidazole rings is 1. The van der Waals surface area contributed by atoms with Gasteiger partial charge in [0.2, 0.25) is 0 Å². The molecule has 1 N–H and O–H groups in total. The lowest BCUT2D eigenvalue weighted by Gasteiger charge is -2.16. The van der Waals surface area contributed by atoms with Crippen molar-refractivity contribution >= 4 is 0 Å². The Balaban J connectivity index is 2.72. The van der Waals surface area contributed by atoms with Gasteiger partial charge in [-0.15, -0.1) is 0 Å². The molecule has 0 saturated carbocycles. The van der Waals surface area contributed by atoms with Crippen molar-refractivity contribution in [1.82, 2.24) is 14.9 Å². The van der Waals surface area contributed by atoms with E-state index in [9.17, 15) is 8.78 Å². The Morgan fingerprint density at radius 2 is 2.14 bits per heavy atom. The minimum atomic E-state index is -2.73. The minimum absolute atomic E-state index is 0.316. The molecule has 1 aromatic heterocycles. The number of aryl methyl sites for hydroxylation is 2. The number of aromatic nitrogens is 2. The summed E-state index contributed by atoms with van der Waals surface area (Å²) in [6.45, 7) is 2.88. The van der Waals surface area contributed by atoms with Gasteiger partial charge in [-0.05, 0) is 20.9 Å². The number of hydrogen-bond acceptors (Lipinski definition) is 2. The molecular formula is C9H15F2N3. The van der Waals surface area contributed by atoms with E-state index in [0.717, 1.165) is 5.69 Å². The van der Waals surface area contributed by atoms with E-state index in [-0.39, 0.29) is 13.1 Å². The molecule has 5 heteroatoms. The number of hydrogen-bond donors (Lipinski definition) is 1. The van der Waals surface area contributed by atoms with Crippen LogP contribution in [0.5, 0.6) is 0 Å². The highest BCUT2D eigenvalue weighted by atomic mass is 19.3. The van der Waals surface area contributed by atoms with Crippen LogP contribution in [0.1, 0.15) is 11.5 Å². The molecule has 0 atom stereocenters. The molecule has 0 aliphatic rings. The van der Waals surface area contributed by atoms with E-state index in [1.165, 1.54) is 11.6 Å². The number of rotatable bonds is 4. The van der Waals surface area contributed by atoms with Crippen molar-refractivity contribution in [3.05, 3.63) is 17.7 Å². The van der Waals surface area contributed by atoms with Crippen LogP contribution in [-0.2, 0) is 6.54 Å². The van der Waals surface area contributed by atoms with Crippen LogP contribution >= 0.6 is 0 Å². The maximum absolute atomic E-state index is 13.2. The molecule has 80 valence electrons. The Labute approximate surface area is 82.1 Å². The number of nitrogens with zero attached hydrogens (tertiary/aromatic N) is 2. The fraction of sp³-hybridized carbons (Fsp3) is 0.667. The zero-order valence-corrected chi connectivity index (χ0v) is 8.64. The summed E-state index contributed by atoms with van der Waals surface area (Å²) in [7, 11) is 1.51. The van der Waals surface area contributed by atoms with Gasteiger partial charge in [0.15, 0.2) is 0 Å². The van der Waals surface area contributed by atoms with Gasteiger partial charge in [-0.1, -0.05) is 0 Å². The van der Waals surface area contributed by atoms with Gasteiger partial charge in [-0.2, -0.15) is 0 Å². The molecule has 0 spiro atoms. The molecule has 0 unspecified atom stereocenters. The molecule has 0 saturated heterocycles. The standard InChI is InChI=1S/C9H15F2N3/c1-7-4-14(8(2)13-7)6-9(10,11)5-12-3/h4,12H,5-6H2,1-3H3. The summed E-state index contributed by atoms with van der Waals surface area (Å²) in [5.74, 6) is -2.11. The molecule has 3 nitrogen and oxygen atoms in total. The number of nitrogens with one attached hydrogen (secondary N) is 1. The highest BCUT2D eigenvalue weighted by Crippen LogP contribution is 2.16. The van der Waals surface area contributed by atoms with Crippen LogP contribution in [0.3, 0.4) is 0 Å². The van der Waals surface area contributed by atoms with Gasteiger partial charge >= 0.3 is 0 Å². The quantitative estimate of drug-likeness (QED) is 0.800. The van der Waals surface area contributed by atoms with Crippen LogP contribution in [0.15, 0.2) is 6.20 Å². The van der Waals surface area contributed by atoms with Crippen molar-refractivity contribution < 1.29 is 8.78 Å². The van der Waals surface area contributed by atoms with Crippen molar-refractivity contribution in [2.24, 2.45) is 0 Å². The Hall–Kier alpha value is -0.970. The predicted molar refractivity (Wildman–Crippen MR) is 50.6 cm³/mol. The second kappa shape index (κ2) is 4.04. The van der Waals surface area contributed by atoms with Gasteiger partial charge in [0.25, 0.3) is 5.92 Å². The molecule has 1 rings (SSSR count). The first-order chi connectivity index (χ1) is 6.44. The molecule has 0 radical (unpaired) electrons. The summed E-state index contributed by atoms with van der Waals surface area (Å²) < 4.78 is 27.9. The van der Waals surface area contributed by atoms with Crippen LogP contribution in [0.2, 0.25) is 0 Å².